The van der Waals surface area contributed by atoms with E-state index in [4.69, 9.17) is 16.3 Å². The Labute approximate surface area is 157 Å². The van der Waals surface area contributed by atoms with Gasteiger partial charge in [0.1, 0.15) is 0 Å². The topological polar surface area (TPSA) is 79.4 Å². The Kier molecular flexibility index (Phi) is 5.25. The highest BCUT2D eigenvalue weighted by atomic mass is 35.5. The highest BCUT2D eigenvalue weighted by Crippen LogP contribution is 2.26. The number of halogens is 1. The lowest BCUT2D eigenvalue weighted by molar-refractivity contribution is 0.106. The molecule has 1 heterocycles. The lowest BCUT2D eigenvalue weighted by Gasteiger charge is -2.02. The van der Waals surface area contributed by atoms with Crippen LogP contribution in [-0.2, 0) is 0 Å². The van der Waals surface area contributed by atoms with Gasteiger partial charge in [-0.3, -0.25) is 9.59 Å². The monoisotopic (exact) mass is 387 g/mol. The molecule has 0 radical (unpaired) electrons. The summed E-state index contributed by atoms with van der Waals surface area (Å²) < 4.78 is 5.84. The van der Waals surface area contributed by atoms with Gasteiger partial charge in [-0.1, -0.05) is 29.8 Å². The zero-order chi connectivity index (χ0) is 18.7. The maximum atomic E-state index is 12.3. The Balaban J connectivity index is 1.97. The average Bonchev–Trinajstić information content (AvgIpc) is 2.94. The highest BCUT2D eigenvalue weighted by molar-refractivity contribution is 7.07. The molecule has 26 heavy (non-hydrogen) atoms. The van der Waals surface area contributed by atoms with Gasteiger partial charge in [0.05, 0.1) is 16.3 Å². The van der Waals surface area contributed by atoms with Crippen molar-refractivity contribution in [2.24, 2.45) is 0 Å². The summed E-state index contributed by atoms with van der Waals surface area (Å²) in [5, 5.41) is 10.3. The third kappa shape index (κ3) is 4.04. The van der Waals surface area contributed by atoms with Crippen molar-refractivity contribution in [2.45, 2.75) is 0 Å². The molecule has 0 saturated carbocycles. The Bertz CT molecular complexity index is 1150. The number of rotatable bonds is 4. The number of Topliss-reactive ketones (excluding diaryl/α,β-unsaturated/α-hetero) is 1. The van der Waals surface area contributed by atoms with E-state index in [1.165, 1.54) is 19.3 Å². The van der Waals surface area contributed by atoms with Crippen LogP contribution in [0.1, 0.15) is 15.9 Å². The maximum absolute atomic E-state index is 12.3. The summed E-state index contributed by atoms with van der Waals surface area (Å²) in [5.74, 6) is 0.0826. The van der Waals surface area contributed by atoms with Crippen molar-refractivity contribution in [3.63, 3.8) is 0 Å². The van der Waals surface area contributed by atoms with E-state index >= 15 is 0 Å². The Morgan fingerprint density at radius 1 is 1.27 bits per heavy atom. The summed E-state index contributed by atoms with van der Waals surface area (Å²) in [6.45, 7) is 0. The Morgan fingerprint density at radius 2 is 2.08 bits per heavy atom. The van der Waals surface area contributed by atoms with Gasteiger partial charge >= 0.3 is 0 Å². The molecule has 0 aliphatic carbocycles. The van der Waals surface area contributed by atoms with Crippen LogP contribution in [0.4, 0.5) is 0 Å². The average molecular weight is 388 g/mol. The van der Waals surface area contributed by atoms with E-state index in [0.717, 1.165) is 11.3 Å². The summed E-state index contributed by atoms with van der Waals surface area (Å²) >= 11 is 7.04. The molecule has 0 atom stereocenters. The number of thiazole rings is 1. The molecule has 0 unspecified atom stereocenters. The molecule has 132 valence electrons. The number of phenolic OH excluding ortho intramolecular Hbond substituents is 1. The number of carbonyl (C=O) groups is 1. The second-order valence-electron chi connectivity index (χ2n) is 5.38. The first-order valence-corrected chi connectivity index (χ1v) is 8.75. The zero-order valence-corrected chi connectivity index (χ0v) is 15.2. The third-order valence-electron chi connectivity index (χ3n) is 3.55. The van der Waals surface area contributed by atoms with E-state index in [1.54, 1.807) is 42.5 Å². The summed E-state index contributed by atoms with van der Waals surface area (Å²) in [6.07, 6.45) is 2.99. The number of ether oxygens (including phenoxy) is 1. The number of ketones is 1. The van der Waals surface area contributed by atoms with E-state index in [1.807, 2.05) is 0 Å². The third-order valence-corrected chi connectivity index (χ3v) is 4.75. The number of carbonyl (C=O) groups excluding carboxylic acids is 1. The zero-order valence-electron chi connectivity index (χ0n) is 13.7. The predicted molar refractivity (Wildman–Crippen MR) is 103 cm³/mol. The number of phenols is 1. The molecular weight excluding hydrogens is 374 g/mol. The van der Waals surface area contributed by atoms with Crippen LogP contribution in [0, 0.1) is 0 Å². The summed E-state index contributed by atoms with van der Waals surface area (Å²) in [4.78, 5) is 27.0. The first-order chi connectivity index (χ1) is 12.5. The van der Waals surface area contributed by atoms with Gasteiger partial charge < -0.3 is 14.8 Å². The van der Waals surface area contributed by atoms with Gasteiger partial charge in [0.25, 0.3) is 5.56 Å². The van der Waals surface area contributed by atoms with Crippen LogP contribution in [0.3, 0.4) is 0 Å². The normalized spacial score (nSPS) is 12.4. The van der Waals surface area contributed by atoms with Crippen molar-refractivity contribution in [1.29, 1.82) is 0 Å². The molecule has 3 rings (SSSR count). The molecule has 3 aromatic rings. The fourth-order valence-corrected chi connectivity index (χ4v) is 3.39. The Morgan fingerprint density at radius 3 is 2.77 bits per heavy atom. The molecule has 0 aliphatic heterocycles. The largest absolute Gasteiger partial charge is 0.504 e. The minimum atomic E-state index is -0.310. The van der Waals surface area contributed by atoms with Crippen LogP contribution < -0.4 is 19.5 Å². The van der Waals surface area contributed by atoms with Gasteiger partial charge in [0.15, 0.2) is 17.3 Å². The molecule has 0 spiro atoms. The second-order valence-corrected chi connectivity index (χ2v) is 6.90. The number of aromatic hydroxyl groups is 1. The SMILES string of the molecule is COc1ccc(/C=c2\s/c(=C\C(=O)c3cccc(Cl)c3)[nH]c2=O)cc1O. The number of H-pyrrole nitrogens is 1. The van der Waals surface area contributed by atoms with Gasteiger partial charge in [-0.2, -0.15) is 0 Å². The molecule has 1 aromatic heterocycles. The summed E-state index contributed by atoms with van der Waals surface area (Å²) in [5.41, 5.74) is 0.774. The highest BCUT2D eigenvalue weighted by Gasteiger charge is 2.05. The van der Waals surface area contributed by atoms with Gasteiger partial charge in [-0.05, 0) is 35.9 Å². The van der Waals surface area contributed by atoms with Crippen molar-refractivity contribution in [3.05, 3.63) is 78.2 Å². The summed E-state index contributed by atoms with van der Waals surface area (Å²) in [6, 6.07) is 11.4. The van der Waals surface area contributed by atoms with Crippen molar-refractivity contribution in [1.82, 2.24) is 4.98 Å². The minimum Gasteiger partial charge on any atom is -0.504 e. The molecule has 2 aromatic carbocycles. The van der Waals surface area contributed by atoms with Gasteiger partial charge in [-0.25, -0.2) is 0 Å². The number of nitrogens with one attached hydrogen (secondary N) is 1. The van der Waals surface area contributed by atoms with E-state index in [0.29, 0.717) is 31.1 Å². The smallest absolute Gasteiger partial charge is 0.266 e. The molecule has 0 bridgehead atoms. The maximum Gasteiger partial charge on any atom is 0.266 e. The van der Waals surface area contributed by atoms with Crippen LogP contribution in [0.5, 0.6) is 11.5 Å². The number of aromatic nitrogens is 1. The standard InChI is InChI=1S/C19H14ClNO4S/c1-25-16-6-5-11(7-15(16)23)8-17-19(24)21-18(26-17)10-14(22)12-3-2-4-13(20)9-12/h2-10,23H,1H3,(H,21,24)/b17-8-,18-10-. The van der Waals surface area contributed by atoms with E-state index in [-0.39, 0.29) is 17.1 Å². The molecular formula is C19H14ClNO4S. The van der Waals surface area contributed by atoms with Gasteiger partial charge in [0.2, 0.25) is 0 Å². The molecule has 2 N–H and O–H groups in total. The van der Waals surface area contributed by atoms with Gasteiger partial charge in [-0.15, -0.1) is 11.3 Å². The molecule has 5 nitrogen and oxygen atoms in total. The molecule has 0 fully saturated rings. The fourth-order valence-electron chi connectivity index (χ4n) is 2.32. The first kappa shape index (κ1) is 18.0. The number of hydrogen-bond donors (Lipinski definition) is 2. The number of benzene rings is 2. The summed E-state index contributed by atoms with van der Waals surface area (Å²) in [7, 11) is 1.46. The van der Waals surface area contributed by atoms with Crippen LogP contribution in [0.2, 0.25) is 5.02 Å². The quantitative estimate of drug-likeness (QED) is 0.673. The number of methoxy groups -OCH3 is 1. The van der Waals surface area contributed by atoms with Crippen LogP contribution in [-0.4, -0.2) is 23.0 Å². The molecule has 0 saturated heterocycles. The van der Waals surface area contributed by atoms with E-state index in [2.05, 4.69) is 4.98 Å². The van der Waals surface area contributed by atoms with Crippen molar-refractivity contribution < 1.29 is 14.6 Å². The van der Waals surface area contributed by atoms with Crippen LogP contribution >= 0.6 is 22.9 Å². The fraction of sp³-hybridized carbons (Fsp3) is 0.0526. The van der Waals surface area contributed by atoms with Crippen molar-refractivity contribution >= 4 is 40.9 Å². The molecule has 0 aliphatic rings. The van der Waals surface area contributed by atoms with E-state index in [9.17, 15) is 14.7 Å². The second kappa shape index (κ2) is 7.59. The predicted octanol–water partition coefficient (Wildman–Crippen LogP) is 2.30. The van der Waals surface area contributed by atoms with Crippen LogP contribution in [0.25, 0.3) is 12.2 Å². The van der Waals surface area contributed by atoms with E-state index < -0.39 is 0 Å². The Hall–Kier alpha value is -2.83. The lowest BCUT2D eigenvalue weighted by Crippen LogP contribution is -2.20. The van der Waals surface area contributed by atoms with Crippen molar-refractivity contribution in [3.8, 4) is 11.5 Å². The first-order valence-electron chi connectivity index (χ1n) is 7.56. The van der Waals surface area contributed by atoms with Crippen molar-refractivity contribution in [2.75, 3.05) is 7.11 Å². The molecule has 7 heteroatoms. The van der Waals surface area contributed by atoms with Gasteiger partial charge in [0, 0.05) is 16.7 Å². The number of aromatic amines is 1. The molecule has 0 amide bonds. The number of hydrogen-bond acceptors (Lipinski definition) is 5. The van der Waals surface area contributed by atoms with Crippen LogP contribution in [0.15, 0.2) is 47.3 Å². The minimum absolute atomic E-state index is 0.0165. The lowest BCUT2D eigenvalue weighted by atomic mass is 10.1.